The molecule has 4 rings (SSSR count). The van der Waals surface area contributed by atoms with Crippen LogP contribution in [0.3, 0.4) is 0 Å². The number of amides is 1. The topological polar surface area (TPSA) is 44.8 Å². The van der Waals surface area contributed by atoms with Crippen LogP contribution in [-0.4, -0.2) is 56.2 Å². The molecule has 0 aliphatic carbocycles. The van der Waals surface area contributed by atoms with E-state index in [9.17, 15) is 4.79 Å². The maximum absolute atomic E-state index is 12.6. The van der Waals surface area contributed by atoms with Crippen molar-refractivity contribution < 1.29 is 9.53 Å². The molecular weight excluding hydrogens is 374 g/mol. The van der Waals surface area contributed by atoms with Crippen LogP contribution in [0.4, 0.5) is 5.69 Å². The van der Waals surface area contributed by atoms with Gasteiger partial charge in [-0.05, 0) is 49.4 Å². The molecule has 2 saturated heterocycles. The molecule has 1 amide bonds. The second-order valence-electron chi connectivity index (χ2n) is 8.88. The first-order valence-electron chi connectivity index (χ1n) is 11.0. The van der Waals surface area contributed by atoms with Gasteiger partial charge in [0.05, 0.1) is 11.7 Å². The molecule has 0 radical (unpaired) electrons. The molecule has 2 aliphatic heterocycles. The molecule has 1 N–H and O–H groups in total. The highest BCUT2D eigenvalue weighted by Gasteiger charge is 2.42. The molecular formula is C25H33N3O2. The summed E-state index contributed by atoms with van der Waals surface area (Å²) < 4.78 is 6.49. The SMILES string of the molecule is CN(C)c1cccc(C(=O)NCC2CCC3(CCN(Cc4ccccc4)CC3)O2)c1. The van der Waals surface area contributed by atoms with Gasteiger partial charge in [-0.15, -0.1) is 0 Å². The van der Waals surface area contributed by atoms with Gasteiger partial charge in [0.15, 0.2) is 0 Å². The summed E-state index contributed by atoms with van der Waals surface area (Å²) in [6.07, 6.45) is 4.40. The minimum atomic E-state index is -0.0269. The van der Waals surface area contributed by atoms with Crippen molar-refractivity contribution in [3.8, 4) is 0 Å². The van der Waals surface area contributed by atoms with E-state index in [1.807, 2.05) is 43.3 Å². The molecule has 5 heteroatoms. The zero-order valence-electron chi connectivity index (χ0n) is 18.1. The van der Waals surface area contributed by atoms with Crippen molar-refractivity contribution >= 4 is 11.6 Å². The maximum atomic E-state index is 12.6. The van der Waals surface area contributed by atoms with Crippen LogP contribution in [0.1, 0.15) is 41.6 Å². The summed E-state index contributed by atoms with van der Waals surface area (Å²) in [7, 11) is 3.96. The third-order valence-corrected chi connectivity index (χ3v) is 6.47. The highest BCUT2D eigenvalue weighted by molar-refractivity contribution is 5.95. The van der Waals surface area contributed by atoms with Gasteiger partial charge in [-0.25, -0.2) is 0 Å². The third-order valence-electron chi connectivity index (χ3n) is 6.47. The Morgan fingerprint density at radius 1 is 1.10 bits per heavy atom. The van der Waals surface area contributed by atoms with Crippen LogP contribution in [0.25, 0.3) is 0 Å². The predicted octanol–water partition coefficient (Wildman–Crippen LogP) is 3.70. The number of anilines is 1. The zero-order chi connectivity index (χ0) is 21.0. The Balaban J connectivity index is 1.24. The van der Waals surface area contributed by atoms with Crippen molar-refractivity contribution in [1.82, 2.24) is 10.2 Å². The second-order valence-corrected chi connectivity index (χ2v) is 8.88. The lowest BCUT2D eigenvalue weighted by Crippen LogP contribution is -2.44. The molecule has 30 heavy (non-hydrogen) atoms. The molecule has 160 valence electrons. The van der Waals surface area contributed by atoms with Crippen LogP contribution < -0.4 is 10.2 Å². The average Bonchev–Trinajstić information content (AvgIpc) is 3.17. The van der Waals surface area contributed by atoms with Gasteiger partial charge in [0, 0.05) is 51.5 Å². The number of likely N-dealkylation sites (tertiary alicyclic amines) is 1. The van der Waals surface area contributed by atoms with Crippen LogP contribution in [0, 0.1) is 0 Å². The summed E-state index contributed by atoms with van der Waals surface area (Å²) in [4.78, 5) is 17.1. The summed E-state index contributed by atoms with van der Waals surface area (Å²) >= 11 is 0. The van der Waals surface area contributed by atoms with Crippen LogP contribution in [0.15, 0.2) is 54.6 Å². The lowest BCUT2D eigenvalue weighted by molar-refractivity contribution is -0.0764. The molecule has 5 nitrogen and oxygen atoms in total. The lowest BCUT2D eigenvalue weighted by Gasteiger charge is -2.39. The maximum Gasteiger partial charge on any atom is 0.251 e. The molecule has 1 spiro atoms. The monoisotopic (exact) mass is 407 g/mol. The summed E-state index contributed by atoms with van der Waals surface area (Å²) in [6, 6.07) is 18.4. The smallest absolute Gasteiger partial charge is 0.251 e. The first-order valence-corrected chi connectivity index (χ1v) is 11.0. The van der Waals surface area contributed by atoms with Crippen LogP contribution in [-0.2, 0) is 11.3 Å². The number of nitrogens with one attached hydrogen (secondary N) is 1. The fourth-order valence-electron chi connectivity index (χ4n) is 4.60. The Hall–Kier alpha value is -2.37. The quantitative estimate of drug-likeness (QED) is 0.793. The van der Waals surface area contributed by atoms with E-state index in [0.29, 0.717) is 12.1 Å². The molecule has 2 aliphatic rings. The van der Waals surface area contributed by atoms with E-state index in [1.54, 1.807) is 0 Å². The number of hydrogen-bond acceptors (Lipinski definition) is 4. The van der Waals surface area contributed by atoms with Crippen molar-refractivity contribution in [3.05, 3.63) is 65.7 Å². The molecule has 2 aromatic carbocycles. The molecule has 1 unspecified atom stereocenters. The molecule has 0 aromatic heterocycles. The minimum absolute atomic E-state index is 0.00736. The van der Waals surface area contributed by atoms with E-state index in [2.05, 4.69) is 40.5 Å². The summed E-state index contributed by atoms with van der Waals surface area (Å²) in [6.45, 7) is 3.75. The highest BCUT2D eigenvalue weighted by atomic mass is 16.5. The largest absolute Gasteiger partial charge is 0.378 e. The first kappa shape index (κ1) is 20.9. The molecule has 2 heterocycles. The van der Waals surface area contributed by atoms with Crippen LogP contribution >= 0.6 is 0 Å². The zero-order valence-corrected chi connectivity index (χ0v) is 18.1. The van der Waals surface area contributed by atoms with Crippen LogP contribution in [0.2, 0.25) is 0 Å². The molecule has 0 saturated carbocycles. The minimum Gasteiger partial charge on any atom is -0.378 e. The summed E-state index contributed by atoms with van der Waals surface area (Å²) in [5, 5.41) is 3.08. The van der Waals surface area contributed by atoms with Crippen LogP contribution in [0.5, 0.6) is 0 Å². The van der Waals surface area contributed by atoms with E-state index in [1.165, 1.54) is 5.56 Å². The van der Waals surface area contributed by atoms with Gasteiger partial charge < -0.3 is 15.0 Å². The van der Waals surface area contributed by atoms with Crippen molar-refractivity contribution in [1.29, 1.82) is 0 Å². The fraction of sp³-hybridized carbons (Fsp3) is 0.480. The van der Waals surface area contributed by atoms with Crippen molar-refractivity contribution in [2.45, 2.75) is 43.9 Å². The van der Waals surface area contributed by atoms with Crippen molar-refractivity contribution in [2.75, 3.05) is 38.6 Å². The average molecular weight is 408 g/mol. The number of benzene rings is 2. The number of carbonyl (C=O) groups excluding carboxylic acids is 1. The van der Waals surface area contributed by atoms with Crippen molar-refractivity contribution in [2.24, 2.45) is 0 Å². The van der Waals surface area contributed by atoms with E-state index < -0.39 is 0 Å². The number of piperidine rings is 1. The van der Waals surface area contributed by atoms with E-state index in [0.717, 1.165) is 51.0 Å². The Kier molecular flexibility index (Phi) is 6.40. The van der Waals surface area contributed by atoms with E-state index >= 15 is 0 Å². The first-order chi connectivity index (χ1) is 14.5. The standard InChI is InChI=1S/C25H33N3O2/c1-27(2)22-10-6-9-21(17-22)24(29)26-18-23-11-12-25(30-23)13-15-28(16-14-25)19-20-7-4-3-5-8-20/h3-10,17,23H,11-16,18-19H2,1-2H3,(H,26,29). The van der Waals surface area contributed by atoms with E-state index in [4.69, 9.17) is 4.74 Å². The molecule has 1 atom stereocenters. The third kappa shape index (κ3) is 5.02. The number of rotatable bonds is 6. The molecule has 2 fully saturated rings. The summed E-state index contributed by atoms with van der Waals surface area (Å²) in [5.74, 6) is -0.0269. The molecule has 2 aromatic rings. The fourth-order valence-corrected chi connectivity index (χ4v) is 4.60. The second kappa shape index (κ2) is 9.19. The number of nitrogens with zero attached hydrogens (tertiary/aromatic N) is 2. The van der Waals surface area contributed by atoms with Gasteiger partial charge in [0.1, 0.15) is 0 Å². The Bertz CT molecular complexity index is 844. The van der Waals surface area contributed by atoms with Gasteiger partial charge in [0.2, 0.25) is 0 Å². The molecule has 0 bridgehead atoms. The van der Waals surface area contributed by atoms with Gasteiger partial charge in [-0.1, -0.05) is 36.4 Å². The van der Waals surface area contributed by atoms with Crippen molar-refractivity contribution in [3.63, 3.8) is 0 Å². The normalized spacial score (nSPS) is 20.9. The lowest BCUT2D eigenvalue weighted by atomic mass is 9.88. The Labute approximate surface area is 180 Å². The number of carbonyl (C=O) groups is 1. The van der Waals surface area contributed by atoms with Gasteiger partial charge in [0.25, 0.3) is 5.91 Å². The summed E-state index contributed by atoms with van der Waals surface area (Å²) in [5.41, 5.74) is 3.11. The Morgan fingerprint density at radius 2 is 1.87 bits per heavy atom. The van der Waals surface area contributed by atoms with E-state index in [-0.39, 0.29) is 17.6 Å². The highest BCUT2D eigenvalue weighted by Crippen LogP contribution is 2.39. The van der Waals surface area contributed by atoms with Gasteiger partial charge in [-0.3, -0.25) is 9.69 Å². The predicted molar refractivity (Wildman–Crippen MR) is 121 cm³/mol. The number of ether oxygens (including phenoxy) is 1. The Morgan fingerprint density at radius 3 is 2.60 bits per heavy atom. The van der Waals surface area contributed by atoms with Gasteiger partial charge in [-0.2, -0.15) is 0 Å². The number of hydrogen-bond donors (Lipinski definition) is 1. The van der Waals surface area contributed by atoms with Gasteiger partial charge >= 0.3 is 0 Å².